The van der Waals surface area contributed by atoms with Gasteiger partial charge in [-0.1, -0.05) is 42.5 Å². The van der Waals surface area contributed by atoms with Crippen LogP contribution in [0.2, 0.25) is 0 Å². The molecule has 0 radical (unpaired) electrons. The third-order valence-corrected chi connectivity index (χ3v) is 2.68. The van der Waals surface area contributed by atoms with Gasteiger partial charge in [-0.05, 0) is 37.8 Å². The first-order valence-electron chi connectivity index (χ1n) is 5.87. The predicted octanol–water partition coefficient (Wildman–Crippen LogP) is 2.93. The molecule has 0 aromatic heterocycles. The molecular formula is C14H19N. The zero-order chi connectivity index (χ0) is 10.3. The summed E-state index contributed by atoms with van der Waals surface area (Å²) in [4.78, 5) is 0. The molecule has 80 valence electrons. The zero-order valence-electron chi connectivity index (χ0n) is 9.15. The van der Waals surface area contributed by atoms with Gasteiger partial charge in [-0.25, -0.2) is 0 Å². The second-order valence-corrected chi connectivity index (χ2v) is 4.18. The normalized spacial score (nSPS) is 16.0. The van der Waals surface area contributed by atoms with E-state index in [9.17, 15) is 0 Å². The van der Waals surface area contributed by atoms with Gasteiger partial charge >= 0.3 is 0 Å². The molecule has 0 saturated heterocycles. The van der Waals surface area contributed by atoms with Gasteiger partial charge in [-0.2, -0.15) is 0 Å². The summed E-state index contributed by atoms with van der Waals surface area (Å²) < 4.78 is 0. The maximum Gasteiger partial charge on any atom is 0.00683 e. The first-order chi connectivity index (χ1) is 7.45. The van der Waals surface area contributed by atoms with E-state index in [0.717, 1.165) is 25.4 Å². The second kappa shape index (κ2) is 5.72. The number of nitrogens with one attached hydrogen (secondary N) is 1. The average molecular weight is 201 g/mol. The van der Waals surface area contributed by atoms with Gasteiger partial charge in [0.1, 0.15) is 0 Å². The molecule has 0 bridgehead atoms. The predicted molar refractivity (Wildman–Crippen MR) is 64.9 cm³/mol. The van der Waals surface area contributed by atoms with Crippen molar-refractivity contribution in [2.75, 3.05) is 6.54 Å². The van der Waals surface area contributed by atoms with E-state index >= 15 is 0 Å². The van der Waals surface area contributed by atoms with Crippen molar-refractivity contribution in [3.05, 3.63) is 48.0 Å². The van der Waals surface area contributed by atoms with Crippen molar-refractivity contribution >= 4 is 0 Å². The maximum absolute atomic E-state index is 3.50. The standard InChI is InChI=1S/C14H19N/c1-3-7-13(8-4-1)9-5-2-6-12-15-14-10-11-14/h1-5,7-8,14-15H,6,9-12H2. The van der Waals surface area contributed by atoms with Crippen molar-refractivity contribution in [2.24, 2.45) is 0 Å². The number of allylic oxidation sites excluding steroid dienone is 1. The summed E-state index contributed by atoms with van der Waals surface area (Å²) in [6.07, 6.45) is 9.53. The second-order valence-electron chi connectivity index (χ2n) is 4.18. The van der Waals surface area contributed by atoms with E-state index in [1.54, 1.807) is 0 Å². The molecular weight excluding hydrogens is 182 g/mol. The lowest BCUT2D eigenvalue weighted by molar-refractivity contribution is 0.690. The highest BCUT2D eigenvalue weighted by Gasteiger charge is 2.19. The molecule has 1 aliphatic carbocycles. The molecule has 1 fully saturated rings. The lowest BCUT2D eigenvalue weighted by Gasteiger charge is -1.98. The van der Waals surface area contributed by atoms with Crippen LogP contribution in [0, 0.1) is 0 Å². The monoisotopic (exact) mass is 201 g/mol. The lowest BCUT2D eigenvalue weighted by atomic mass is 10.1. The SMILES string of the molecule is C(=CCc1ccccc1)CCNC1CC1. The fourth-order valence-corrected chi connectivity index (χ4v) is 1.61. The molecule has 15 heavy (non-hydrogen) atoms. The highest BCUT2D eigenvalue weighted by atomic mass is 14.9. The Labute approximate surface area is 92.2 Å². The molecule has 0 amide bonds. The van der Waals surface area contributed by atoms with Crippen molar-refractivity contribution in [1.82, 2.24) is 5.32 Å². The Kier molecular flexibility index (Phi) is 3.98. The van der Waals surface area contributed by atoms with Gasteiger partial charge in [0.15, 0.2) is 0 Å². The van der Waals surface area contributed by atoms with Gasteiger partial charge in [0.05, 0.1) is 0 Å². The summed E-state index contributed by atoms with van der Waals surface area (Å²) in [7, 11) is 0. The number of rotatable bonds is 6. The van der Waals surface area contributed by atoms with E-state index in [1.165, 1.54) is 18.4 Å². The highest BCUT2D eigenvalue weighted by Crippen LogP contribution is 2.18. The van der Waals surface area contributed by atoms with Gasteiger partial charge in [-0.3, -0.25) is 0 Å². The molecule has 1 saturated carbocycles. The molecule has 1 aromatic rings. The van der Waals surface area contributed by atoms with Crippen LogP contribution in [0.5, 0.6) is 0 Å². The molecule has 2 rings (SSSR count). The fourth-order valence-electron chi connectivity index (χ4n) is 1.61. The molecule has 0 unspecified atom stereocenters. The van der Waals surface area contributed by atoms with Gasteiger partial charge in [0.2, 0.25) is 0 Å². The molecule has 1 nitrogen and oxygen atoms in total. The first-order valence-corrected chi connectivity index (χ1v) is 5.87. The number of benzene rings is 1. The average Bonchev–Trinajstić information content (AvgIpc) is 3.09. The molecule has 1 heteroatoms. The summed E-state index contributed by atoms with van der Waals surface area (Å²) in [5, 5.41) is 3.50. The van der Waals surface area contributed by atoms with Crippen molar-refractivity contribution in [3.8, 4) is 0 Å². The van der Waals surface area contributed by atoms with E-state index in [0.29, 0.717) is 0 Å². The van der Waals surface area contributed by atoms with Gasteiger partial charge < -0.3 is 5.32 Å². The molecule has 0 aliphatic heterocycles. The molecule has 0 spiro atoms. The summed E-state index contributed by atoms with van der Waals surface area (Å²) in [6, 6.07) is 11.4. The van der Waals surface area contributed by atoms with Crippen LogP contribution in [0.1, 0.15) is 24.8 Å². The van der Waals surface area contributed by atoms with E-state index in [2.05, 4.69) is 47.8 Å². The van der Waals surface area contributed by atoms with Crippen molar-refractivity contribution < 1.29 is 0 Å². The van der Waals surface area contributed by atoms with Crippen LogP contribution in [-0.4, -0.2) is 12.6 Å². The van der Waals surface area contributed by atoms with Crippen LogP contribution in [0.15, 0.2) is 42.5 Å². The summed E-state index contributed by atoms with van der Waals surface area (Å²) in [6.45, 7) is 1.13. The quantitative estimate of drug-likeness (QED) is 0.551. The molecule has 0 heterocycles. The highest BCUT2D eigenvalue weighted by molar-refractivity contribution is 5.17. The molecule has 1 aliphatic rings. The Bertz CT molecular complexity index is 298. The van der Waals surface area contributed by atoms with E-state index in [4.69, 9.17) is 0 Å². The smallest absolute Gasteiger partial charge is 0.00683 e. The Balaban J connectivity index is 1.58. The summed E-state index contributed by atoms with van der Waals surface area (Å²) >= 11 is 0. The lowest BCUT2D eigenvalue weighted by Crippen LogP contribution is -2.16. The van der Waals surface area contributed by atoms with E-state index in [1.807, 2.05) is 0 Å². The maximum atomic E-state index is 3.50. The summed E-state index contributed by atoms with van der Waals surface area (Å²) in [5.74, 6) is 0. The summed E-state index contributed by atoms with van der Waals surface area (Å²) in [5.41, 5.74) is 1.39. The minimum Gasteiger partial charge on any atom is -0.314 e. The number of hydrogen-bond donors (Lipinski definition) is 1. The van der Waals surface area contributed by atoms with Crippen LogP contribution < -0.4 is 5.32 Å². The van der Waals surface area contributed by atoms with Gasteiger partial charge in [0, 0.05) is 6.04 Å². The van der Waals surface area contributed by atoms with Crippen molar-refractivity contribution in [2.45, 2.75) is 31.7 Å². The Morgan fingerprint density at radius 2 is 1.93 bits per heavy atom. The Morgan fingerprint density at radius 1 is 1.13 bits per heavy atom. The topological polar surface area (TPSA) is 12.0 Å². The van der Waals surface area contributed by atoms with Crippen LogP contribution in [0.4, 0.5) is 0 Å². The van der Waals surface area contributed by atoms with Gasteiger partial charge in [-0.15, -0.1) is 0 Å². The number of hydrogen-bond acceptors (Lipinski definition) is 1. The van der Waals surface area contributed by atoms with Crippen molar-refractivity contribution in [3.63, 3.8) is 0 Å². The van der Waals surface area contributed by atoms with E-state index < -0.39 is 0 Å². The molecule has 1 N–H and O–H groups in total. The van der Waals surface area contributed by atoms with Gasteiger partial charge in [0.25, 0.3) is 0 Å². The Morgan fingerprint density at radius 3 is 2.67 bits per heavy atom. The third kappa shape index (κ3) is 4.30. The largest absolute Gasteiger partial charge is 0.314 e. The first kappa shape index (κ1) is 10.4. The fraction of sp³-hybridized carbons (Fsp3) is 0.429. The molecule has 1 aromatic carbocycles. The molecule has 0 atom stereocenters. The minimum atomic E-state index is 0.840. The van der Waals surface area contributed by atoms with Crippen LogP contribution >= 0.6 is 0 Å². The van der Waals surface area contributed by atoms with Crippen LogP contribution in [0.25, 0.3) is 0 Å². The van der Waals surface area contributed by atoms with E-state index in [-0.39, 0.29) is 0 Å². The third-order valence-electron chi connectivity index (χ3n) is 2.68. The van der Waals surface area contributed by atoms with Crippen LogP contribution in [0.3, 0.4) is 0 Å². The Hall–Kier alpha value is -1.08. The zero-order valence-corrected chi connectivity index (χ0v) is 9.15. The minimum absolute atomic E-state index is 0.840. The van der Waals surface area contributed by atoms with Crippen molar-refractivity contribution in [1.29, 1.82) is 0 Å². The van der Waals surface area contributed by atoms with Crippen LogP contribution in [-0.2, 0) is 6.42 Å².